The van der Waals surface area contributed by atoms with E-state index in [-0.39, 0.29) is 0 Å². The molecule has 0 fully saturated rings. The van der Waals surface area contributed by atoms with Gasteiger partial charge in [-0.1, -0.05) is 39.0 Å². The first kappa shape index (κ1) is 14.0. The van der Waals surface area contributed by atoms with Crippen molar-refractivity contribution in [1.82, 2.24) is 10.3 Å². The van der Waals surface area contributed by atoms with Crippen molar-refractivity contribution in [3.8, 4) is 0 Å². The number of hydrogen-bond acceptors (Lipinski definition) is 2. The second-order valence-corrected chi connectivity index (χ2v) is 5.58. The summed E-state index contributed by atoms with van der Waals surface area (Å²) in [6, 6.07) is 9.06. The van der Waals surface area contributed by atoms with Crippen LogP contribution in [0.25, 0.3) is 10.8 Å². The topological polar surface area (TPSA) is 24.9 Å². The van der Waals surface area contributed by atoms with Crippen molar-refractivity contribution in [3.63, 3.8) is 0 Å². The highest BCUT2D eigenvalue weighted by molar-refractivity contribution is 5.85. The van der Waals surface area contributed by atoms with Crippen molar-refractivity contribution in [2.75, 3.05) is 6.54 Å². The predicted octanol–water partition coefficient (Wildman–Crippen LogP) is 4.32. The summed E-state index contributed by atoms with van der Waals surface area (Å²) in [5.74, 6) is 0.682. The maximum absolute atomic E-state index is 4.29. The average Bonchev–Trinajstić information content (AvgIpc) is 2.42. The fourth-order valence-corrected chi connectivity index (χ4v) is 2.55. The molecule has 0 aliphatic rings. The van der Waals surface area contributed by atoms with Crippen LogP contribution in [0.3, 0.4) is 0 Å². The van der Waals surface area contributed by atoms with E-state index >= 15 is 0 Å². The smallest absolute Gasteiger partial charge is 0.0349 e. The zero-order valence-electron chi connectivity index (χ0n) is 12.2. The van der Waals surface area contributed by atoms with E-state index in [1.807, 2.05) is 12.4 Å². The molecule has 102 valence electrons. The molecule has 0 amide bonds. The monoisotopic (exact) mass is 256 g/mol. The second-order valence-electron chi connectivity index (χ2n) is 5.58. The lowest BCUT2D eigenvalue weighted by Crippen LogP contribution is -2.23. The van der Waals surface area contributed by atoms with Crippen LogP contribution in [0, 0.1) is 5.92 Å². The molecule has 1 aromatic heterocycles. The summed E-state index contributed by atoms with van der Waals surface area (Å²) in [6.07, 6.45) is 6.18. The standard InChI is InChI=1S/C17H24N2/c1-4-9-19-17(11-13(2)3)15-7-5-6-14-8-10-18-12-16(14)15/h5-8,10,12-13,17,19H,4,9,11H2,1-3H3. The minimum atomic E-state index is 0.424. The molecular weight excluding hydrogens is 232 g/mol. The van der Waals surface area contributed by atoms with Gasteiger partial charge < -0.3 is 5.32 Å². The van der Waals surface area contributed by atoms with E-state index < -0.39 is 0 Å². The molecule has 19 heavy (non-hydrogen) atoms. The SMILES string of the molecule is CCCNC(CC(C)C)c1cccc2ccncc12. The Morgan fingerprint density at radius 3 is 2.79 bits per heavy atom. The van der Waals surface area contributed by atoms with Gasteiger partial charge in [0.05, 0.1) is 0 Å². The van der Waals surface area contributed by atoms with Gasteiger partial charge >= 0.3 is 0 Å². The van der Waals surface area contributed by atoms with Crippen LogP contribution in [-0.2, 0) is 0 Å². The summed E-state index contributed by atoms with van der Waals surface area (Å²) < 4.78 is 0. The summed E-state index contributed by atoms with van der Waals surface area (Å²) in [4.78, 5) is 4.29. The van der Waals surface area contributed by atoms with Crippen molar-refractivity contribution < 1.29 is 0 Å². The number of nitrogens with one attached hydrogen (secondary N) is 1. The molecule has 2 heteroatoms. The summed E-state index contributed by atoms with van der Waals surface area (Å²) in [5, 5.41) is 6.24. The summed E-state index contributed by atoms with van der Waals surface area (Å²) in [5.41, 5.74) is 1.38. The highest BCUT2D eigenvalue weighted by Gasteiger charge is 2.15. The molecule has 0 aliphatic heterocycles. The minimum absolute atomic E-state index is 0.424. The Morgan fingerprint density at radius 1 is 1.21 bits per heavy atom. The van der Waals surface area contributed by atoms with Gasteiger partial charge in [0, 0.05) is 23.8 Å². The molecule has 0 bridgehead atoms. The van der Waals surface area contributed by atoms with Crippen LogP contribution in [-0.4, -0.2) is 11.5 Å². The van der Waals surface area contributed by atoms with Crippen LogP contribution < -0.4 is 5.32 Å². The third-order valence-corrected chi connectivity index (χ3v) is 3.44. The maximum atomic E-state index is 4.29. The van der Waals surface area contributed by atoms with Gasteiger partial charge in [-0.05, 0) is 42.3 Å². The molecule has 1 heterocycles. The third kappa shape index (κ3) is 3.54. The first-order valence-electron chi connectivity index (χ1n) is 7.28. The number of fused-ring (bicyclic) bond motifs is 1. The molecule has 1 aromatic carbocycles. The fraction of sp³-hybridized carbons (Fsp3) is 0.471. The largest absolute Gasteiger partial charge is 0.310 e. The van der Waals surface area contributed by atoms with E-state index in [0.717, 1.165) is 19.4 Å². The van der Waals surface area contributed by atoms with E-state index in [2.05, 4.69) is 55.3 Å². The predicted molar refractivity (Wildman–Crippen MR) is 82.2 cm³/mol. The second kappa shape index (κ2) is 6.67. The first-order chi connectivity index (χ1) is 9.22. The molecule has 1 atom stereocenters. The number of pyridine rings is 1. The Kier molecular flexibility index (Phi) is 4.92. The molecule has 1 unspecified atom stereocenters. The van der Waals surface area contributed by atoms with Gasteiger partial charge in [0.1, 0.15) is 0 Å². The van der Waals surface area contributed by atoms with E-state index in [4.69, 9.17) is 0 Å². The van der Waals surface area contributed by atoms with Crippen LogP contribution >= 0.6 is 0 Å². The van der Waals surface area contributed by atoms with Crippen molar-refractivity contribution in [2.45, 2.75) is 39.7 Å². The Labute approximate surface area is 116 Å². The third-order valence-electron chi connectivity index (χ3n) is 3.44. The van der Waals surface area contributed by atoms with E-state index in [1.165, 1.54) is 16.3 Å². The van der Waals surface area contributed by atoms with Gasteiger partial charge in [-0.15, -0.1) is 0 Å². The quantitative estimate of drug-likeness (QED) is 0.832. The van der Waals surface area contributed by atoms with Crippen LogP contribution in [0.1, 0.15) is 45.2 Å². The molecule has 2 nitrogen and oxygen atoms in total. The molecule has 0 spiro atoms. The van der Waals surface area contributed by atoms with Gasteiger partial charge in [-0.2, -0.15) is 0 Å². The van der Waals surface area contributed by atoms with Gasteiger partial charge in [0.15, 0.2) is 0 Å². The van der Waals surface area contributed by atoms with Crippen molar-refractivity contribution in [2.24, 2.45) is 5.92 Å². The Bertz CT molecular complexity index is 514. The van der Waals surface area contributed by atoms with E-state index in [9.17, 15) is 0 Å². The van der Waals surface area contributed by atoms with Crippen LogP contribution in [0.5, 0.6) is 0 Å². The molecule has 2 aromatic rings. The highest BCUT2D eigenvalue weighted by Crippen LogP contribution is 2.27. The summed E-state index contributed by atoms with van der Waals surface area (Å²) in [6.45, 7) is 7.84. The Morgan fingerprint density at radius 2 is 2.05 bits per heavy atom. The van der Waals surface area contributed by atoms with Crippen LogP contribution in [0.4, 0.5) is 0 Å². The fourth-order valence-electron chi connectivity index (χ4n) is 2.55. The first-order valence-corrected chi connectivity index (χ1v) is 7.28. The molecule has 0 saturated carbocycles. The number of aromatic nitrogens is 1. The zero-order valence-corrected chi connectivity index (χ0v) is 12.2. The molecule has 1 N–H and O–H groups in total. The average molecular weight is 256 g/mol. The minimum Gasteiger partial charge on any atom is -0.310 e. The normalized spacial score (nSPS) is 13.1. The molecule has 0 aliphatic carbocycles. The highest BCUT2D eigenvalue weighted by atomic mass is 14.9. The van der Waals surface area contributed by atoms with Gasteiger partial charge in [0.2, 0.25) is 0 Å². The van der Waals surface area contributed by atoms with E-state index in [0.29, 0.717) is 12.0 Å². The number of nitrogens with zero attached hydrogens (tertiary/aromatic N) is 1. The van der Waals surface area contributed by atoms with Gasteiger partial charge in [-0.3, -0.25) is 4.98 Å². The Balaban J connectivity index is 2.37. The van der Waals surface area contributed by atoms with Crippen LogP contribution in [0.2, 0.25) is 0 Å². The lowest BCUT2D eigenvalue weighted by Gasteiger charge is -2.22. The zero-order chi connectivity index (χ0) is 13.7. The molecule has 0 radical (unpaired) electrons. The van der Waals surface area contributed by atoms with Crippen molar-refractivity contribution in [3.05, 3.63) is 42.2 Å². The number of hydrogen-bond donors (Lipinski definition) is 1. The van der Waals surface area contributed by atoms with Crippen molar-refractivity contribution in [1.29, 1.82) is 0 Å². The summed E-state index contributed by atoms with van der Waals surface area (Å²) >= 11 is 0. The molecule has 0 saturated heterocycles. The van der Waals surface area contributed by atoms with Crippen LogP contribution in [0.15, 0.2) is 36.7 Å². The maximum Gasteiger partial charge on any atom is 0.0349 e. The molecular formula is C17H24N2. The molecule has 2 rings (SSSR count). The van der Waals surface area contributed by atoms with Gasteiger partial charge in [-0.25, -0.2) is 0 Å². The lowest BCUT2D eigenvalue weighted by atomic mass is 9.93. The summed E-state index contributed by atoms with van der Waals surface area (Å²) in [7, 11) is 0. The van der Waals surface area contributed by atoms with Gasteiger partial charge in [0.25, 0.3) is 0 Å². The number of benzene rings is 1. The lowest BCUT2D eigenvalue weighted by molar-refractivity contribution is 0.432. The number of rotatable bonds is 6. The van der Waals surface area contributed by atoms with E-state index in [1.54, 1.807) is 0 Å². The van der Waals surface area contributed by atoms with Crippen molar-refractivity contribution >= 4 is 10.8 Å². The Hall–Kier alpha value is -1.41.